The highest BCUT2D eigenvalue weighted by molar-refractivity contribution is 5.69. The summed E-state index contributed by atoms with van der Waals surface area (Å²) in [6.45, 7) is 5.19. The fourth-order valence-corrected chi connectivity index (χ4v) is 2.55. The second kappa shape index (κ2) is 7.29. The number of anilines is 1. The molecule has 2 aromatic rings. The number of H-pyrrole nitrogens is 1. The summed E-state index contributed by atoms with van der Waals surface area (Å²) in [5.41, 5.74) is 3.14. The van der Waals surface area contributed by atoms with Gasteiger partial charge in [-0.05, 0) is 17.7 Å². The van der Waals surface area contributed by atoms with Crippen molar-refractivity contribution in [3.05, 3.63) is 30.6 Å². The summed E-state index contributed by atoms with van der Waals surface area (Å²) in [6, 6.07) is 6.15. The number of aromatic amines is 1. The Morgan fingerprint density at radius 2 is 2.18 bits per heavy atom. The molecule has 0 atom stereocenters. The van der Waals surface area contributed by atoms with Crippen LogP contribution in [0.1, 0.15) is 0 Å². The van der Waals surface area contributed by atoms with Gasteiger partial charge in [0.15, 0.2) is 0 Å². The van der Waals surface area contributed by atoms with Crippen LogP contribution in [0.5, 0.6) is 5.75 Å². The van der Waals surface area contributed by atoms with E-state index in [1.54, 1.807) is 0 Å². The quantitative estimate of drug-likeness (QED) is 0.852. The average molecular weight is 302 g/mol. The van der Waals surface area contributed by atoms with Crippen molar-refractivity contribution in [2.45, 2.75) is 0 Å². The fourth-order valence-electron chi connectivity index (χ4n) is 2.55. The summed E-state index contributed by atoms with van der Waals surface area (Å²) in [4.78, 5) is 2.36. The largest absolute Gasteiger partial charge is 0.490 e. The molecule has 0 aliphatic carbocycles. The molecule has 0 saturated carbocycles. The molecule has 0 radical (unpaired) electrons. The van der Waals surface area contributed by atoms with Gasteiger partial charge in [-0.1, -0.05) is 6.07 Å². The van der Waals surface area contributed by atoms with Gasteiger partial charge < -0.3 is 14.8 Å². The van der Waals surface area contributed by atoms with Crippen molar-refractivity contribution in [2.75, 3.05) is 51.8 Å². The molecule has 6 heteroatoms. The van der Waals surface area contributed by atoms with Crippen molar-refractivity contribution < 1.29 is 9.47 Å². The first-order valence-corrected chi connectivity index (χ1v) is 7.60. The number of aromatic nitrogens is 2. The Morgan fingerprint density at radius 1 is 1.32 bits per heavy atom. The van der Waals surface area contributed by atoms with Crippen LogP contribution in [0.15, 0.2) is 30.6 Å². The maximum absolute atomic E-state index is 5.99. The number of rotatable bonds is 6. The van der Waals surface area contributed by atoms with Crippen LogP contribution in [0.4, 0.5) is 5.69 Å². The SMILES string of the molecule is CNc1ccc(-c2cn[nH]c2)cc1OCCN1CCOCC1. The fraction of sp³-hybridized carbons (Fsp3) is 0.438. The zero-order valence-electron chi connectivity index (χ0n) is 12.8. The van der Waals surface area contributed by atoms with Crippen molar-refractivity contribution in [1.82, 2.24) is 15.1 Å². The van der Waals surface area contributed by atoms with E-state index in [4.69, 9.17) is 9.47 Å². The molecule has 1 aliphatic rings. The second-order valence-corrected chi connectivity index (χ2v) is 5.25. The lowest BCUT2D eigenvalue weighted by Gasteiger charge is -2.26. The lowest BCUT2D eigenvalue weighted by Crippen LogP contribution is -2.38. The Bertz CT molecular complexity index is 580. The molecule has 1 fully saturated rings. The van der Waals surface area contributed by atoms with Gasteiger partial charge in [0.25, 0.3) is 0 Å². The minimum Gasteiger partial charge on any atom is -0.490 e. The van der Waals surface area contributed by atoms with Crippen LogP contribution in [0.25, 0.3) is 11.1 Å². The molecule has 118 valence electrons. The molecule has 3 rings (SSSR count). The summed E-state index contributed by atoms with van der Waals surface area (Å²) >= 11 is 0. The molecule has 6 nitrogen and oxygen atoms in total. The van der Waals surface area contributed by atoms with Crippen molar-refractivity contribution in [2.24, 2.45) is 0 Å². The molecule has 2 N–H and O–H groups in total. The highest BCUT2D eigenvalue weighted by Gasteiger charge is 2.11. The number of benzene rings is 1. The van der Waals surface area contributed by atoms with Crippen LogP contribution in [-0.4, -0.2) is 61.6 Å². The molecular formula is C16H22N4O2. The molecule has 1 saturated heterocycles. The summed E-state index contributed by atoms with van der Waals surface area (Å²) < 4.78 is 11.4. The first-order chi connectivity index (χ1) is 10.9. The van der Waals surface area contributed by atoms with E-state index in [1.807, 2.05) is 25.5 Å². The summed E-state index contributed by atoms with van der Waals surface area (Å²) in [7, 11) is 1.90. The first-order valence-electron chi connectivity index (χ1n) is 7.60. The maximum atomic E-state index is 5.99. The van der Waals surface area contributed by atoms with E-state index < -0.39 is 0 Å². The number of morpholine rings is 1. The first kappa shape index (κ1) is 14.9. The van der Waals surface area contributed by atoms with Crippen molar-refractivity contribution >= 4 is 5.69 Å². The standard InChI is InChI=1S/C16H22N4O2/c1-17-15-3-2-13(14-11-18-19-12-14)10-16(15)22-9-6-20-4-7-21-8-5-20/h2-3,10-12,17H,4-9H2,1H3,(H,18,19). The Balaban J connectivity index is 1.64. The topological polar surface area (TPSA) is 62.4 Å². The smallest absolute Gasteiger partial charge is 0.143 e. The van der Waals surface area contributed by atoms with Crippen molar-refractivity contribution in [3.63, 3.8) is 0 Å². The molecule has 22 heavy (non-hydrogen) atoms. The molecule has 2 heterocycles. The third-order valence-corrected chi connectivity index (χ3v) is 3.85. The van der Waals surface area contributed by atoms with Gasteiger partial charge in [-0.15, -0.1) is 0 Å². The highest BCUT2D eigenvalue weighted by atomic mass is 16.5. The maximum Gasteiger partial charge on any atom is 0.143 e. The Kier molecular flexibility index (Phi) is 4.92. The zero-order chi connectivity index (χ0) is 15.2. The van der Waals surface area contributed by atoms with E-state index in [9.17, 15) is 0 Å². The second-order valence-electron chi connectivity index (χ2n) is 5.25. The van der Waals surface area contributed by atoms with E-state index >= 15 is 0 Å². The number of nitrogens with zero attached hydrogens (tertiary/aromatic N) is 2. The van der Waals surface area contributed by atoms with Crippen LogP contribution >= 0.6 is 0 Å². The predicted molar refractivity (Wildman–Crippen MR) is 86.3 cm³/mol. The van der Waals surface area contributed by atoms with Gasteiger partial charge in [-0.2, -0.15) is 5.10 Å². The van der Waals surface area contributed by atoms with E-state index in [0.29, 0.717) is 6.61 Å². The minimum atomic E-state index is 0.670. The van der Waals surface area contributed by atoms with Gasteiger partial charge in [0.2, 0.25) is 0 Å². The molecule has 0 bridgehead atoms. The number of hydrogen-bond donors (Lipinski definition) is 2. The van der Waals surface area contributed by atoms with Gasteiger partial charge in [0.1, 0.15) is 12.4 Å². The van der Waals surface area contributed by atoms with Crippen LogP contribution in [0.3, 0.4) is 0 Å². The van der Waals surface area contributed by atoms with Gasteiger partial charge in [0.05, 0.1) is 25.1 Å². The van der Waals surface area contributed by atoms with Crippen LogP contribution in [0, 0.1) is 0 Å². The third-order valence-electron chi connectivity index (χ3n) is 3.85. The van der Waals surface area contributed by atoms with Gasteiger partial charge in [-0.25, -0.2) is 0 Å². The molecule has 0 spiro atoms. The Morgan fingerprint density at radius 3 is 2.91 bits per heavy atom. The molecule has 1 aromatic heterocycles. The monoisotopic (exact) mass is 302 g/mol. The Labute approximate surface area is 130 Å². The van der Waals surface area contributed by atoms with Crippen LogP contribution < -0.4 is 10.1 Å². The van der Waals surface area contributed by atoms with Crippen molar-refractivity contribution in [3.8, 4) is 16.9 Å². The minimum absolute atomic E-state index is 0.670. The zero-order valence-corrected chi connectivity index (χ0v) is 12.8. The molecule has 1 aliphatic heterocycles. The molecule has 0 unspecified atom stereocenters. The molecule has 1 aromatic carbocycles. The van der Waals surface area contributed by atoms with Gasteiger partial charge >= 0.3 is 0 Å². The Hall–Kier alpha value is -2.05. The van der Waals surface area contributed by atoms with Crippen molar-refractivity contribution in [1.29, 1.82) is 0 Å². The predicted octanol–water partition coefficient (Wildman–Crippen LogP) is 1.83. The number of ether oxygens (including phenoxy) is 2. The van der Waals surface area contributed by atoms with Gasteiger partial charge in [0, 0.05) is 38.4 Å². The van der Waals surface area contributed by atoms with E-state index in [1.165, 1.54) is 0 Å². The normalized spacial score (nSPS) is 15.7. The summed E-state index contributed by atoms with van der Waals surface area (Å²) in [6.07, 6.45) is 3.69. The lowest BCUT2D eigenvalue weighted by molar-refractivity contribution is 0.0323. The van der Waals surface area contributed by atoms with E-state index in [0.717, 1.165) is 55.4 Å². The molecule has 0 amide bonds. The van der Waals surface area contributed by atoms with E-state index in [2.05, 4.69) is 32.5 Å². The molecular weight excluding hydrogens is 280 g/mol. The third kappa shape index (κ3) is 3.58. The average Bonchev–Trinajstić information content (AvgIpc) is 3.10. The highest BCUT2D eigenvalue weighted by Crippen LogP contribution is 2.30. The summed E-state index contributed by atoms with van der Waals surface area (Å²) in [5, 5.41) is 10.0. The van der Waals surface area contributed by atoms with Crippen LogP contribution in [0.2, 0.25) is 0 Å². The number of nitrogens with one attached hydrogen (secondary N) is 2. The lowest BCUT2D eigenvalue weighted by atomic mass is 10.1. The van der Waals surface area contributed by atoms with E-state index in [-0.39, 0.29) is 0 Å². The number of hydrogen-bond acceptors (Lipinski definition) is 5. The summed E-state index contributed by atoms with van der Waals surface area (Å²) in [5.74, 6) is 0.870. The van der Waals surface area contributed by atoms with Gasteiger partial charge in [-0.3, -0.25) is 10.00 Å². The van der Waals surface area contributed by atoms with Crippen LogP contribution in [-0.2, 0) is 4.74 Å².